The SMILES string of the molecule is CC(C)N1CCCC(Oc2ccc(N)cc2)C1. The molecule has 1 aliphatic rings. The van der Waals surface area contributed by atoms with Crippen molar-refractivity contribution in [2.24, 2.45) is 0 Å². The quantitative estimate of drug-likeness (QED) is 0.817. The summed E-state index contributed by atoms with van der Waals surface area (Å²) in [5.74, 6) is 0.926. The summed E-state index contributed by atoms with van der Waals surface area (Å²) in [7, 11) is 0. The summed E-state index contributed by atoms with van der Waals surface area (Å²) in [6, 6.07) is 8.28. The van der Waals surface area contributed by atoms with Crippen LogP contribution in [0.2, 0.25) is 0 Å². The van der Waals surface area contributed by atoms with Crippen molar-refractivity contribution in [1.82, 2.24) is 4.90 Å². The molecular formula is C14H22N2O. The van der Waals surface area contributed by atoms with Gasteiger partial charge in [0.1, 0.15) is 11.9 Å². The molecule has 94 valence electrons. The maximum atomic E-state index is 5.99. The van der Waals surface area contributed by atoms with Crippen molar-refractivity contribution in [3.8, 4) is 5.75 Å². The zero-order chi connectivity index (χ0) is 12.3. The minimum atomic E-state index is 0.315. The lowest BCUT2D eigenvalue weighted by molar-refractivity contribution is 0.0707. The minimum absolute atomic E-state index is 0.315. The topological polar surface area (TPSA) is 38.5 Å². The molecule has 0 aliphatic carbocycles. The number of rotatable bonds is 3. The van der Waals surface area contributed by atoms with E-state index in [0.29, 0.717) is 12.1 Å². The Hall–Kier alpha value is -1.22. The van der Waals surface area contributed by atoms with Crippen LogP contribution in [0.3, 0.4) is 0 Å². The molecule has 1 fully saturated rings. The van der Waals surface area contributed by atoms with Gasteiger partial charge in [-0.1, -0.05) is 0 Å². The van der Waals surface area contributed by atoms with Gasteiger partial charge in [-0.2, -0.15) is 0 Å². The molecule has 1 aromatic rings. The molecule has 0 aromatic heterocycles. The number of nitrogen functional groups attached to an aromatic ring is 1. The van der Waals surface area contributed by atoms with E-state index >= 15 is 0 Å². The second-order valence-electron chi connectivity index (χ2n) is 5.04. The van der Waals surface area contributed by atoms with E-state index in [4.69, 9.17) is 10.5 Å². The molecule has 0 radical (unpaired) electrons. The number of likely N-dealkylation sites (tertiary alicyclic amines) is 1. The fourth-order valence-corrected chi connectivity index (χ4v) is 2.27. The Bertz CT molecular complexity index is 348. The van der Waals surface area contributed by atoms with Gasteiger partial charge in [0, 0.05) is 18.3 Å². The van der Waals surface area contributed by atoms with E-state index in [0.717, 1.165) is 24.4 Å². The van der Waals surface area contributed by atoms with Crippen LogP contribution in [0.5, 0.6) is 5.75 Å². The van der Waals surface area contributed by atoms with Crippen LogP contribution < -0.4 is 10.5 Å². The van der Waals surface area contributed by atoms with Crippen LogP contribution in [0, 0.1) is 0 Å². The first-order valence-electron chi connectivity index (χ1n) is 6.41. The molecule has 2 rings (SSSR count). The predicted molar refractivity (Wildman–Crippen MR) is 71.2 cm³/mol. The summed E-state index contributed by atoms with van der Waals surface area (Å²) in [5, 5.41) is 0. The van der Waals surface area contributed by atoms with E-state index in [1.165, 1.54) is 13.0 Å². The molecule has 2 N–H and O–H groups in total. The molecule has 1 aliphatic heterocycles. The first-order valence-corrected chi connectivity index (χ1v) is 6.41. The van der Waals surface area contributed by atoms with Crippen molar-refractivity contribution in [1.29, 1.82) is 0 Å². The molecule has 1 saturated heterocycles. The Morgan fingerprint density at radius 3 is 2.65 bits per heavy atom. The Labute approximate surface area is 104 Å². The minimum Gasteiger partial charge on any atom is -0.489 e. The summed E-state index contributed by atoms with van der Waals surface area (Å²) in [6.45, 7) is 6.71. The highest BCUT2D eigenvalue weighted by atomic mass is 16.5. The molecule has 0 spiro atoms. The fourth-order valence-electron chi connectivity index (χ4n) is 2.27. The van der Waals surface area contributed by atoms with Gasteiger partial charge < -0.3 is 10.5 Å². The number of nitrogens with zero attached hydrogens (tertiary/aromatic N) is 1. The van der Waals surface area contributed by atoms with Gasteiger partial charge in [0.15, 0.2) is 0 Å². The highest BCUT2D eigenvalue weighted by Crippen LogP contribution is 2.20. The Balaban J connectivity index is 1.92. The Morgan fingerprint density at radius 1 is 1.29 bits per heavy atom. The predicted octanol–water partition coefficient (Wildman–Crippen LogP) is 2.52. The van der Waals surface area contributed by atoms with Gasteiger partial charge in [0.05, 0.1) is 0 Å². The van der Waals surface area contributed by atoms with Crippen LogP contribution in [0.25, 0.3) is 0 Å². The molecule has 0 bridgehead atoms. The van der Waals surface area contributed by atoms with E-state index in [1.807, 2.05) is 24.3 Å². The van der Waals surface area contributed by atoms with Gasteiger partial charge in [-0.15, -0.1) is 0 Å². The number of hydrogen-bond donors (Lipinski definition) is 1. The maximum Gasteiger partial charge on any atom is 0.119 e. The molecule has 3 heteroatoms. The monoisotopic (exact) mass is 234 g/mol. The third kappa shape index (κ3) is 3.37. The first-order chi connectivity index (χ1) is 8.15. The van der Waals surface area contributed by atoms with E-state index in [-0.39, 0.29) is 0 Å². The summed E-state index contributed by atoms with van der Waals surface area (Å²) in [4.78, 5) is 2.48. The van der Waals surface area contributed by atoms with Crippen LogP contribution in [0.1, 0.15) is 26.7 Å². The number of anilines is 1. The highest BCUT2D eigenvalue weighted by molar-refractivity contribution is 5.41. The van der Waals surface area contributed by atoms with Crippen molar-refractivity contribution in [3.63, 3.8) is 0 Å². The maximum absolute atomic E-state index is 5.99. The molecule has 3 nitrogen and oxygen atoms in total. The zero-order valence-corrected chi connectivity index (χ0v) is 10.7. The second-order valence-corrected chi connectivity index (χ2v) is 5.04. The first kappa shape index (κ1) is 12.2. The highest BCUT2D eigenvalue weighted by Gasteiger charge is 2.22. The van der Waals surface area contributed by atoms with Crippen molar-refractivity contribution in [2.45, 2.75) is 38.8 Å². The molecule has 1 heterocycles. The molecule has 1 atom stereocenters. The Kier molecular flexibility index (Phi) is 3.89. The average Bonchev–Trinajstić information content (AvgIpc) is 2.32. The Morgan fingerprint density at radius 2 is 2.00 bits per heavy atom. The van der Waals surface area contributed by atoms with E-state index in [1.54, 1.807) is 0 Å². The van der Waals surface area contributed by atoms with Gasteiger partial charge >= 0.3 is 0 Å². The normalized spacial score (nSPS) is 21.7. The van der Waals surface area contributed by atoms with Gasteiger partial charge in [0.25, 0.3) is 0 Å². The van der Waals surface area contributed by atoms with Crippen molar-refractivity contribution < 1.29 is 4.74 Å². The second kappa shape index (κ2) is 5.41. The molecule has 1 aromatic carbocycles. The molecule has 0 amide bonds. The largest absolute Gasteiger partial charge is 0.489 e. The van der Waals surface area contributed by atoms with E-state index in [2.05, 4.69) is 18.7 Å². The van der Waals surface area contributed by atoms with Gasteiger partial charge in [-0.25, -0.2) is 0 Å². The number of hydrogen-bond acceptors (Lipinski definition) is 3. The molecule has 17 heavy (non-hydrogen) atoms. The molecule has 1 unspecified atom stereocenters. The third-order valence-corrected chi connectivity index (χ3v) is 3.32. The average molecular weight is 234 g/mol. The van der Waals surface area contributed by atoms with E-state index < -0.39 is 0 Å². The standard InChI is InChI=1S/C14H22N2O/c1-11(2)16-9-3-4-14(10-16)17-13-7-5-12(15)6-8-13/h5-8,11,14H,3-4,9-10,15H2,1-2H3. The van der Waals surface area contributed by atoms with Crippen LogP contribution >= 0.6 is 0 Å². The van der Waals surface area contributed by atoms with Crippen LogP contribution in [-0.4, -0.2) is 30.1 Å². The van der Waals surface area contributed by atoms with Gasteiger partial charge in [0.2, 0.25) is 0 Å². The summed E-state index contributed by atoms with van der Waals surface area (Å²) < 4.78 is 5.99. The van der Waals surface area contributed by atoms with Crippen LogP contribution in [0.15, 0.2) is 24.3 Å². The van der Waals surface area contributed by atoms with Crippen molar-refractivity contribution >= 4 is 5.69 Å². The van der Waals surface area contributed by atoms with Crippen LogP contribution in [-0.2, 0) is 0 Å². The lowest BCUT2D eigenvalue weighted by Crippen LogP contribution is -2.44. The van der Waals surface area contributed by atoms with Crippen molar-refractivity contribution in [2.75, 3.05) is 18.8 Å². The summed E-state index contributed by atoms with van der Waals surface area (Å²) in [6.07, 6.45) is 2.68. The van der Waals surface area contributed by atoms with Crippen molar-refractivity contribution in [3.05, 3.63) is 24.3 Å². The molecular weight excluding hydrogens is 212 g/mol. The zero-order valence-electron chi connectivity index (χ0n) is 10.7. The fraction of sp³-hybridized carbons (Fsp3) is 0.571. The molecule has 0 saturated carbocycles. The lowest BCUT2D eigenvalue weighted by Gasteiger charge is -2.35. The number of ether oxygens (including phenoxy) is 1. The van der Waals surface area contributed by atoms with Gasteiger partial charge in [-0.05, 0) is 57.5 Å². The number of piperidine rings is 1. The number of benzene rings is 1. The third-order valence-electron chi connectivity index (χ3n) is 3.32. The summed E-state index contributed by atoms with van der Waals surface area (Å²) >= 11 is 0. The lowest BCUT2D eigenvalue weighted by atomic mass is 10.1. The summed E-state index contributed by atoms with van der Waals surface area (Å²) in [5.41, 5.74) is 6.44. The smallest absolute Gasteiger partial charge is 0.119 e. The van der Waals surface area contributed by atoms with Gasteiger partial charge in [-0.3, -0.25) is 4.90 Å². The number of nitrogens with two attached hydrogens (primary N) is 1. The van der Waals surface area contributed by atoms with E-state index in [9.17, 15) is 0 Å². The van der Waals surface area contributed by atoms with Crippen LogP contribution in [0.4, 0.5) is 5.69 Å².